The molecule has 0 saturated heterocycles. The van der Waals surface area contributed by atoms with Crippen molar-refractivity contribution in [3.8, 4) is 11.5 Å². The highest BCUT2D eigenvalue weighted by molar-refractivity contribution is 5.92. The van der Waals surface area contributed by atoms with Crippen molar-refractivity contribution in [2.75, 3.05) is 11.9 Å². The van der Waals surface area contributed by atoms with Gasteiger partial charge in [0.05, 0.1) is 12.5 Å². The van der Waals surface area contributed by atoms with E-state index in [9.17, 15) is 14.4 Å². The average molecular weight is 503 g/mol. The molecule has 1 atom stereocenters. The van der Waals surface area contributed by atoms with Crippen LogP contribution in [-0.4, -0.2) is 24.4 Å². The van der Waals surface area contributed by atoms with Crippen LogP contribution in [0.4, 0.5) is 5.69 Å². The molecule has 0 aromatic heterocycles. The average Bonchev–Trinajstić information content (AvgIpc) is 2.87. The van der Waals surface area contributed by atoms with Gasteiger partial charge in [0.1, 0.15) is 11.5 Å². The lowest BCUT2D eigenvalue weighted by molar-refractivity contribution is -0.149. The van der Waals surface area contributed by atoms with Gasteiger partial charge in [-0.2, -0.15) is 0 Å². The summed E-state index contributed by atoms with van der Waals surface area (Å²) in [6, 6.07) is 24.2. The molecule has 7 heteroatoms. The normalized spacial score (nSPS) is 11.8. The minimum atomic E-state index is -0.612. The van der Waals surface area contributed by atoms with Gasteiger partial charge in [0.25, 0.3) is 5.91 Å². The van der Waals surface area contributed by atoms with Crippen LogP contribution in [0.2, 0.25) is 0 Å². The Morgan fingerprint density at radius 1 is 0.784 bits per heavy atom. The van der Waals surface area contributed by atoms with E-state index in [2.05, 4.69) is 31.4 Å². The summed E-state index contributed by atoms with van der Waals surface area (Å²) >= 11 is 0. The van der Waals surface area contributed by atoms with E-state index < -0.39 is 18.5 Å². The van der Waals surface area contributed by atoms with E-state index in [1.165, 1.54) is 5.56 Å². The molecule has 37 heavy (non-hydrogen) atoms. The zero-order valence-electron chi connectivity index (χ0n) is 21.7. The number of esters is 1. The summed E-state index contributed by atoms with van der Waals surface area (Å²) < 4.78 is 10.9. The monoisotopic (exact) mass is 502 g/mol. The second-order valence-electron chi connectivity index (χ2n) is 9.81. The largest absolute Gasteiger partial charge is 0.457 e. The Morgan fingerprint density at radius 2 is 1.38 bits per heavy atom. The molecule has 0 saturated carbocycles. The molecule has 0 radical (unpaired) electrons. The van der Waals surface area contributed by atoms with Gasteiger partial charge in [0.2, 0.25) is 5.91 Å². The number of benzene rings is 3. The Labute approximate surface area is 218 Å². The molecule has 3 rings (SSSR count). The zero-order chi connectivity index (χ0) is 26.8. The molecule has 0 heterocycles. The smallest absolute Gasteiger partial charge is 0.306 e. The van der Waals surface area contributed by atoms with Gasteiger partial charge >= 0.3 is 5.97 Å². The molecule has 0 aliphatic carbocycles. The maximum Gasteiger partial charge on any atom is 0.306 e. The number of amides is 2. The van der Waals surface area contributed by atoms with Gasteiger partial charge in [-0.05, 0) is 59.9 Å². The molecular formula is C30H34N2O5. The molecule has 0 bridgehead atoms. The van der Waals surface area contributed by atoms with Crippen LogP contribution in [0.25, 0.3) is 0 Å². The van der Waals surface area contributed by atoms with Gasteiger partial charge in [-0.3, -0.25) is 14.4 Å². The number of hydrogen-bond acceptors (Lipinski definition) is 5. The lowest BCUT2D eigenvalue weighted by Gasteiger charge is -2.19. The van der Waals surface area contributed by atoms with Crippen LogP contribution in [0.1, 0.15) is 57.7 Å². The predicted molar refractivity (Wildman–Crippen MR) is 143 cm³/mol. The Kier molecular flexibility index (Phi) is 9.44. The fourth-order valence-electron chi connectivity index (χ4n) is 3.53. The summed E-state index contributed by atoms with van der Waals surface area (Å²) in [5.74, 6) is 0.0301. The molecule has 7 nitrogen and oxygen atoms in total. The number of carbonyl (C=O) groups is 3. The number of nitrogens with one attached hydrogen (secondary N) is 2. The third-order valence-corrected chi connectivity index (χ3v) is 5.69. The van der Waals surface area contributed by atoms with Gasteiger partial charge in [0, 0.05) is 12.1 Å². The molecule has 0 unspecified atom stereocenters. The number of anilines is 1. The molecule has 3 aromatic carbocycles. The van der Waals surface area contributed by atoms with Crippen molar-refractivity contribution in [1.29, 1.82) is 0 Å². The topological polar surface area (TPSA) is 93.7 Å². The summed E-state index contributed by atoms with van der Waals surface area (Å²) in [6.07, 6.45) is -0.182. The van der Waals surface area contributed by atoms with Gasteiger partial charge < -0.3 is 20.1 Å². The molecule has 0 aliphatic heterocycles. The van der Waals surface area contributed by atoms with Crippen molar-refractivity contribution in [1.82, 2.24) is 5.32 Å². The minimum absolute atomic E-state index is 0.0563. The highest BCUT2D eigenvalue weighted by Crippen LogP contribution is 2.27. The van der Waals surface area contributed by atoms with E-state index in [0.717, 1.165) is 11.3 Å². The minimum Gasteiger partial charge on any atom is -0.457 e. The van der Waals surface area contributed by atoms with Crippen molar-refractivity contribution in [2.24, 2.45) is 0 Å². The SMILES string of the molecule is C[C@@H](NC(=O)COC(=O)CCC(=O)Nc1ccc(Oc2ccc(C(C)(C)C)cc2)cc1)c1ccccc1. The van der Waals surface area contributed by atoms with Crippen molar-refractivity contribution in [2.45, 2.75) is 52.0 Å². The van der Waals surface area contributed by atoms with Gasteiger partial charge in [-0.15, -0.1) is 0 Å². The maximum atomic E-state index is 12.2. The van der Waals surface area contributed by atoms with Crippen LogP contribution in [-0.2, 0) is 24.5 Å². The van der Waals surface area contributed by atoms with Crippen molar-refractivity contribution in [3.63, 3.8) is 0 Å². The summed E-state index contributed by atoms with van der Waals surface area (Å²) in [6.45, 7) is 7.93. The Hall–Kier alpha value is -4.13. The van der Waals surface area contributed by atoms with Crippen molar-refractivity contribution in [3.05, 3.63) is 90.0 Å². The van der Waals surface area contributed by atoms with E-state index in [-0.39, 0.29) is 30.2 Å². The van der Waals surface area contributed by atoms with E-state index in [1.807, 2.05) is 61.5 Å². The predicted octanol–water partition coefficient (Wildman–Crippen LogP) is 5.92. The second-order valence-corrected chi connectivity index (χ2v) is 9.81. The van der Waals surface area contributed by atoms with Gasteiger partial charge in [-0.25, -0.2) is 0 Å². The summed E-state index contributed by atoms with van der Waals surface area (Å²) in [7, 11) is 0. The number of ether oxygens (including phenoxy) is 2. The Bertz CT molecular complexity index is 1180. The summed E-state index contributed by atoms with van der Waals surface area (Å²) in [5, 5.41) is 5.51. The molecule has 2 amide bonds. The summed E-state index contributed by atoms with van der Waals surface area (Å²) in [4.78, 5) is 36.2. The molecule has 0 aliphatic rings. The lowest BCUT2D eigenvalue weighted by Crippen LogP contribution is -2.31. The lowest BCUT2D eigenvalue weighted by atomic mass is 9.87. The molecule has 0 spiro atoms. The van der Waals surface area contributed by atoms with Crippen LogP contribution < -0.4 is 15.4 Å². The zero-order valence-corrected chi connectivity index (χ0v) is 21.7. The van der Waals surface area contributed by atoms with E-state index in [0.29, 0.717) is 11.4 Å². The highest BCUT2D eigenvalue weighted by atomic mass is 16.5. The fraction of sp³-hybridized carbons (Fsp3) is 0.300. The third kappa shape index (κ3) is 9.11. The van der Waals surface area contributed by atoms with Crippen LogP contribution in [0.15, 0.2) is 78.9 Å². The maximum absolute atomic E-state index is 12.2. The number of rotatable bonds is 10. The number of carbonyl (C=O) groups excluding carboxylic acids is 3. The molecule has 2 N–H and O–H groups in total. The molecule has 0 fully saturated rings. The van der Waals surface area contributed by atoms with Crippen LogP contribution >= 0.6 is 0 Å². The first kappa shape index (κ1) is 27.5. The Balaban J connectivity index is 1.37. The van der Waals surface area contributed by atoms with Crippen LogP contribution in [0, 0.1) is 0 Å². The molecule has 194 valence electrons. The van der Waals surface area contributed by atoms with Gasteiger partial charge in [0.15, 0.2) is 6.61 Å². The van der Waals surface area contributed by atoms with E-state index in [1.54, 1.807) is 24.3 Å². The summed E-state index contributed by atoms with van der Waals surface area (Å²) in [5.41, 5.74) is 2.84. The van der Waals surface area contributed by atoms with E-state index >= 15 is 0 Å². The number of hydrogen-bond donors (Lipinski definition) is 2. The van der Waals surface area contributed by atoms with Crippen molar-refractivity contribution >= 4 is 23.5 Å². The van der Waals surface area contributed by atoms with Gasteiger partial charge in [-0.1, -0.05) is 63.2 Å². The van der Waals surface area contributed by atoms with E-state index in [4.69, 9.17) is 9.47 Å². The first-order chi connectivity index (χ1) is 17.6. The fourth-order valence-corrected chi connectivity index (χ4v) is 3.53. The Morgan fingerprint density at radius 3 is 1.97 bits per heavy atom. The first-order valence-corrected chi connectivity index (χ1v) is 12.3. The molecule has 3 aromatic rings. The quantitative estimate of drug-likeness (QED) is 0.336. The van der Waals surface area contributed by atoms with Crippen molar-refractivity contribution < 1.29 is 23.9 Å². The highest BCUT2D eigenvalue weighted by Gasteiger charge is 2.14. The van der Waals surface area contributed by atoms with Crippen LogP contribution in [0.3, 0.4) is 0 Å². The molecular weight excluding hydrogens is 468 g/mol. The standard InChI is InChI=1S/C30H34N2O5/c1-21(22-8-6-5-7-9-22)31-28(34)20-36-29(35)19-18-27(33)32-24-12-16-26(17-13-24)37-25-14-10-23(11-15-25)30(2,3)4/h5-17,21H,18-20H2,1-4H3,(H,31,34)(H,32,33)/t21-/m1/s1. The first-order valence-electron chi connectivity index (χ1n) is 12.3. The third-order valence-electron chi connectivity index (χ3n) is 5.69. The second kappa shape index (κ2) is 12.7. The van der Waals surface area contributed by atoms with Crippen LogP contribution in [0.5, 0.6) is 11.5 Å².